The van der Waals surface area contributed by atoms with Gasteiger partial charge in [-0.25, -0.2) is 0 Å². The van der Waals surface area contributed by atoms with E-state index >= 15 is 0 Å². The fraction of sp³-hybridized carbons (Fsp3) is 0.533. The summed E-state index contributed by atoms with van der Waals surface area (Å²) in [6.45, 7) is 1.07. The largest absolute Gasteiger partial charge is 0.497 e. The van der Waals surface area contributed by atoms with Gasteiger partial charge in [0.1, 0.15) is 5.75 Å². The smallest absolute Gasteiger partial charge is 0.237 e. The number of fused-ring (bicyclic) bond motifs is 2. The first-order valence-electron chi connectivity index (χ1n) is 6.93. The van der Waals surface area contributed by atoms with Gasteiger partial charge in [-0.15, -0.1) is 0 Å². The van der Waals surface area contributed by atoms with Crippen molar-refractivity contribution in [3.63, 3.8) is 0 Å². The molecular weight excluding hydrogens is 240 g/mol. The van der Waals surface area contributed by atoms with Crippen molar-refractivity contribution in [1.29, 1.82) is 0 Å². The van der Waals surface area contributed by atoms with Gasteiger partial charge in [-0.05, 0) is 24.5 Å². The van der Waals surface area contributed by atoms with Crippen LogP contribution < -0.4 is 15.4 Å². The molecule has 1 heterocycles. The predicted octanol–water partition coefficient (Wildman–Crippen LogP) is 1.81. The number of ether oxygens (including phenoxy) is 1. The second-order valence-electron chi connectivity index (χ2n) is 5.42. The SMILES string of the molecule is COc1ccc2c(c1)N(CCN)C(=O)C21CCCC1. The van der Waals surface area contributed by atoms with E-state index < -0.39 is 0 Å². The highest BCUT2D eigenvalue weighted by atomic mass is 16.5. The van der Waals surface area contributed by atoms with Crippen LogP contribution in [0.1, 0.15) is 31.2 Å². The number of benzene rings is 1. The van der Waals surface area contributed by atoms with Gasteiger partial charge in [-0.1, -0.05) is 18.9 Å². The minimum atomic E-state index is -0.281. The number of amides is 1. The molecule has 4 heteroatoms. The molecule has 2 N–H and O–H groups in total. The average molecular weight is 260 g/mol. The van der Waals surface area contributed by atoms with Crippen LogP contribution in [0.25, 0.3) is 0 Å². The molecule has 4 nitrogen and oxygen atoms in total. The minimum absolute atomic E-state index is 0.235. The molecule has 1 aromatic rings. The molecule has 1 saturated carbocycles. The lowest BCUT2D eigenvalue weighted by atomic mass is 9.80. The molecule has 1 spiro atoms. The number of anilines is 1. The Morgan fingerprint density at radius 3 is 2.74 bits per heavy atom. The Kier molecular flexibility index (Phi) is 2.97. The van der Waals surface area contributed by atoms with E-state index in [2.05, 4.69) is 6.07 Å². The lowest BCUT2D eigenvalue weighted by Crippen LogP contribution is -2.40. The monoisotopic (exact) mass is 260 g/mol. The number of rotatable bonds is 3. The first-order valence-corrected chi connectivity index (χ1v) is 6.93. The molecule has 1 aromatic carbocycles. The predicted molar refractivity (Wildman–Crippen MR) is 74.5 cm³/mol. The minimum Gasteiger partial charge on any atom is -0.497 e. The van der Waals surface area contributed by atoms with E-state index in [0.29, 0.717) is 13.1 Å². The van der Waals surface area contributed by atoms with Gasteiger partial charge in [-0.3, -0.25) is 4.79 Å². The lowest BCUT2D eigenvalue weighted by Gasteiger charge is -2.23. The summed E-state index contributed by atoms with van der Waals surface area (Å²) in [6.07, 6.45) is 4.19. The third-order valence-electron chi connectivity index (χ3n) is 4.48. The molecule has 2 aliphatic rings. The van der Waals surface area contributed by atoms with Crippen LogP contribution in [0.5, 0.6) is 5.75 Å². The molecule has 1 amide bonds. The van der Waals surface area contributed by atoms with Gasteiger partial charge >= 0.3 is 0 Å². The summed E-state index contributed by atoms with van der Waals surface area (Å²) in [5.41, 5.74) is 7.55. The first kappa shape index (κ1) is 12.5. The molecule has 102 valence electrons. The normalized spacial score (nSPS) is 20.1. The fourth-order valence-corrected chi connectivity index (χ4v) is 3.56. The molecule has 0 aromatic heterocycles. The zero-order valence-corrected chi connectivity index (χ0v) is 11.3. The Hall–Kier alpha value is -1.55. The molecule has 1 fully saturated rings. The molecule has 3 rings (SSSR count). The van der Waals surface area contributed by atoms with Gasteiger partial charge in [0.2, 0.25) is 5.91 Å². The van der Waals surface area contributed by atoms with Crippen LogP contribution in [0.15, 0.2) is 18.2 Å². The van der Waals surface area contributed by atoms with Crippen molar-refractivity contribution in [3.8, 4) is 5.75 Å². The number of carbonyl (C=O) groups is 1. The number of nitrogens with zero attached hydrogens (tertiary/aromatic N) is 1. The van der Waals surface area contributed by atoms with E-state index in [1.807, 2.05) is 17.0 Å². The number of hydrogen-bond donors (Lipinski definition) is 1. The number of hydrogen-bond acceptors (Lipinski definition) is 3. The quantitative estimate of drug-likeness (QED) is 0.901. The highest BCUT2D eigenvalue weighted by Crippen LogP contribution is 2.51. The topological polar surface area (TPSA) is 55.6 Å². The third-order valence-corrected chi connectivity index (χ3v) is 4.48. The Balaban J connectivity index is 2.12. The standard InChI is InChI=1S/C15H20N2O2/c1-19-11-4-5-12-13(10-11)17(9-8-16)14(18)15(12)6-2-3-7-15/h4-5,10H,2-3,6-9,16H2,1H3. The van der Waals surface area contributed by atoms with E-state index in [4.69, 9.17) is 10.5 Å². The zero-order valence-electron chi connectivity index (χ0n) is 11.3. The fourth-order valence-electron chi connectivity index (χ4n) is 3.56. The summed E-state index contributed by atoms with van der Waals surface area (Å²) in [4.78, 5) is 14.7. The molecule has 19 heavy (non-hydrogen) atoms. The van der Waals surface area contributed by atoms with Gasteiger partial charge < -0.3 is 15.4 Å². The summed E-state index contributed by atoms with van der Waals surface area (Å²) in [6, 6.07) is 5.99. The average Bonchev–Trinajstić information content (AvgIpc) is 3.00. The van der Waals surface area contributed by atoms with Gasteiger partial charge in [-0.2, -0.15) is 0 Å². The summed E-state index contributed by atoms with van der Waals surface area (Å²) in [7, 11) is 1.65. The lowest BCUT2D eigenvalue weighted by molar-refractivity contribution is -0.123. The maximum absolute atomic E-state index is 12.8. The molecule has 0 bridgehead atoms. The van der Waals surface area contributed by atoms with Crippen LogP contribution in [-0.2, 0) is 10.2 Å². The van der Waals surface area contributed by atoms with Crippen molar-refractivity contribution in [2.24, 2.45) is 5.73 Å². The molecule has 1 aliphatic heterocycles. The third kappa shape index (κ3) is 1.66. The molecule has 0 saturated heterocycles. The summed E-state index contributed by atoms with van der Waals surface area (Å²) in [5, 5.41) is 0. The second kappa shape index (κ2) is 4.53. The van der Waals surface area contributed by atoms with Crippen molar-refractivity contribution in [3.05, 3.63) is 23.8 Å². The molecule has 0 atom stereocenters. The van der Waals surface area contributed by atoms with Crippen LogP contribution in [0.2, 0.25) is 0 Å². The van der Waals surface area contributed by atoms with Gasteiger partial charge in [0.25, 0.3) is 0 Å². The van der Waals surface area contributed by atoms with E-state index in [1.165, 1.54) is 5.56 Å². The van der Waals surface area contributed by atoms with Crippen LogP contribution in [0.3, 0.4) is 0 Å². The summed E-state index contributed by atoms with van der Waals surface area (Å²) >= 11 is 0. The van der Waals surface area contributed by atoms with Crippen molar-refractivity contribution < 1.29 is 9.53 Å². The maximum atomic E-state index is 12.8. The summed E-state index contributed by atoms with van der Waals surface area (Å²) in [5.74, 6) is 1.03. The summed E-state index contributed by atoms with van der Waals surface area (Å²) < 4.78 is 5.28. The molecule has 1 aliphatic carbocycles. The van der Waals surface area contributed by atoms with Gasteiger partial charge in [0, 0.05) is 19.2 Å². The zero-order chi connectivity index (χ0) is 13.5. The van der Waals surface area contributed by atoms with Crippen molar-refractivity contribution in [2.45, 2.75) is 31.1 Å². The Labute approximate surface area is 113 Å². The number of methoxy groups -OCH3 is 1. The van der Waals surface area contributed by atoms with E-state index in [1.54, 1.807) is 7.11 Å². The van der Waals surface area contributed by atoms with E-state index in [9.17, 15) is 4.79 Å². The molecule has 0 unspecified atom stereocenters. The van der Waals surface area contributed by atoms with Crippen LogP contribution >= 0.6 is 0 Å². The Morgan fingerprint density at radius 2 is 2.11 bits per heavy atom. The highest BCUT2D eigenvalue weighted by molar-refractivity contribution is 6.08. The van der Waals surface area contributed by atoms with Gasteiger partial charge in [0.15, 0.2) is 0 Å². The maximum Gasteiger partial charge on any atom is 0.237 e. The number of carbonyl (C=O) groups excluding carboxylic acids is 1. The van der Waals surface area contributed by atoms with Crippen LogP contribution in [-0.4, -0.2) is 26.1 Å². The van der Waals surface area contributed by atoms with Crippen LogP contribution in [0.4, 0.5) is 5.69 Å². The Morgan fingerprint density at radius 1 is 1.37 bits per heavy atom. The van der Waals surface area contributed by atoms with E-state index in [-0.39, 0.29) is 11.3 Å². The highest BCUT2D eigenvalue weighted by Gasteiger charge is 2.51. The molecular formula is C15H20N2O2. The van der Waals surface area contributed by atoms with Crippen molar-refractivity contribution in [2.75, 3.05) is 25.1 Å². The van der Waals surface area contributed by atoms with E-state index in [0.717, 1.165) is 37.1 Å². The first-order chi connectivity index (χ1) is 9.23. The van der Waals surface area contributed by atoms with Gasteiger partial charge in [0.05, 0.1) is 18.2 Å². The van der Waals surface area contributed by atoms with Crippen molar-refractivity contribution >= 4 is 11.6 Å². The van der Waals surface area contributed by atoms with Crippen LogP contribution in [0, 0.1) is 0 Å². The second-order valence-corrected chi connectivity index (χ2v) is 5.42. The number of nitrogens with two attached hydrogens (primary N) is 1. The Bertz CT molecular complexity index is 507. The molecule has 0 radical (unpaired) electrons. The van der Waals surface area contributed by atoms with Crippen molar-refractivity contribution in [1.82, 2.24) is 0 Å².